The molecular weight excluding hydrogens is 230 g/mol. The number of benzene rings is 2. The third kappa shape index (κ3) is 1.98. The molecule has 0 radical (unpaired) electrons. The van der Waals surface area contributed by atoms with Gasteiger partial charge in [0.1, 0.15) is 0 Å². The summed E-state index contributed by atoms with van der Waals surface area (Å²) in [6.45, 7) is 4.54. The Balaban J connectivity index is 2.08. The maximum absolute atomic E-state index is 6.73. The van der Waals surface area contributed by atoms with Crippen molar-refractivity contribution in [2.24, 2.45) is 11.1 Å². The van der Waals surface area contributed by atoms with E-state index in [4.69, 9.17) is 5.73 Å². The maximum Gasteiger partial charge on any atom is 0.0323 e. The van der Waals surface area contributed by atoms with Crippen LogP contribution in [0.3, 0.4) is 0 Å². The molecule has 98 valence electrons. The Kier molecular flexibility index (Phi) is 2.75. The van der Waals surface area contributed by atoms with Gasteiger partial charge in [0.15, 0.2) is 0 Å². The molecule has 0 spiro atoms. The van der Waals surface area contributed by atoms with E-state index in [1.54, 1.807) is 0 Å². The highest BCUT2D eigenvalue weighted by molar-refractivity contribution is 5.42. The smallest absolute Gasteiger partial charge is 0.0323 e. The van der Waals surface area contributed by atoms with E-state index in [9.17, 15) is 0 Å². The molecule has 2 aromatic rings. The first-order chi connectivity index (χ1) is 9.05. The van der Waals surface area contributed by atoms with Crippen LogP contribution >= 0.6 is 0 Å². The third-order valence-corrected chi connectivity index (χ3v) is 4.65. The van der Waals surface area contributed by atoms with E-state index in [0.717, 1.165) is 6.42 Å². The van der Waals surface area contributed by atoms with Crippen LogP contribution in [0, 0.1) is 5.41 Å². The van der Waals surface area contributed by atoms with Gasteiger partial charge in [-0.15, -0.1) is 0 Å². The molecule has 1 heteroatoms. The zero-order valence-corrected chi connectivity index (χ0v) is 11.6. The monoisotopic (exact) mass is 251 g/mol. The number of nitrogens with two attached hydrogens (primary N) is 1. The van der Waals surface area contributed by atoms with Gasteiger partial charge < -0.3 is 5.73 Å². The Morgan fingerprint density at radius 2 is 1.21 bits per heavy atom. The van der Waals surface area contributed by atoms with Crippen LogP contribution in [0.1, 0.15) is 37.3 Å². The average Bonchev–Trinajstić information content (AvgIpc) is 2.91. The standard InChI is InChI=1S/C18H21N/c1-17(2)13-18(17,19)16(14-9-5-3-6-10-14)15-11-7-4-8-12-15/h3-12,16H,13,19H2,1-2H3. The molecule has 1 nitrogen and oxygen atoms in total. The van der Waals surface area contributed by atoms with Crippen molar-refractivity contribution in [3.8, 4) is 0 Å². The van der Waals surface area contributed by atoms with Gasteiger partial charge in [-0.1, -0.05) is 74.5 Å². The van der Waals surface area contributed by atoms with E-state index >= 15 is 0 Å². The summed E-state index contributed by atoms with van der Waals surface area (Å²) in [5.41, 5.74) is 9.46. The second kappa shape index (κ2) is 4.21. The summed E-state index contributed by atoms with van der Waals surface area (Å²) in [5.74, 6) is 0.282. The van der Waals surface area contributed by atoms with Crippen molar-refractivity contribution in [2.75, 3.05) is 0 Å². The van der Waals surface area contributed by atoms with Crippen LogP contribution in [0.5, 0.6) is 0 Å². The molecule has 0 saturated heterocycles. The molecule has 1 aliphatic carbocycles. The molecule has 1 aliphatic rings. The molecule has 0 aromatic heterocycles. The minimum absolute atomic E-state index is 0.129. The fraction of sp³-hybridized carbons (Fsp3) is 0.333. The highest BCUT2D eigenvalue weighted by Gasteiger charge is 2.62. The van der Waals surface area contributed by atoms with Crippen LogP contribution in [-0.2, 0) is 0 Å². The molecule has 0 aliphatic heterocycles. The van der Waals surface area contributed by atoms with Gasteiger partial charge in [0.05, 0.1) is 0 Å². The van der Waals surface area contributed by atoms with Crippen molar-refractivity contribution in [1.82, 2.24) is 0 Å². The van der Waals surface area contributed by atoms with Gasteiger partial charge in [-0.3, -0.25) is 0 Å². The van der Waals surface area contributed by atoms with Crippen LogP contribution in [0.25, 0.3) is 0 Å². The molecule has 0 amide bonds. The van der Waals surface area contributed by atoms with E-state index in [1.165, 1.54) is 11.1 Å². The zero-order chi connectivity index (χ0) is 13.5. The summed E-state index contributed by atoms with van der Waals surface area (Å²) < 4.78 is 0. The van der Waals surface area contributed by atoms with E-state index < -0.39 is 0 Å². The second-order valence-electron chi connectivity index (χ2n) is 6.36. The predicted octanol–water partition coefficient (Wildman–Crippen LogP) is 3.95. The van der Waals surface area contributed by atoms with Gasteiger partial charge >= 0.3 is 0 Å². The fourth-order valence-corrected chi connectivity index (χ4v) is 3.26. The number of rotatable bonds is 3. The van der Waals surface area contributed by atoms with Crippen molar-refractivity contribution in [3.05, 3.63) is 71.8 Å². The molecule has 1 fully saturated rings. The van der Waals surface area contributed by atoms with Gasteiger partial charge in [0.25, 0.3) is 0 Å². The lowest BCUT2D eigenvalue weighted by Gasteiger charge is -2.28. The number of hydrogen-bond acceptors (Lipinski definition) is 1. The summed E-state index contributed by atoms with van der Waals surface area (Å²) in [4.78, 5) is 0. The van der Waals surface area contributed by atoms with Crippen LogP contribution in [0.15, 0.2) is 60.7 Å². The minimum Gasteiger partial charge on any atom is -0.324 e. The molecule has 1 unspecified atom stereocenters. The molecule has 3 rings (SSSR count). The predicted molar refractivity (Wildman–Crippen MR) is 80.0 cm³/mol. The van der Waals surface area contributed by atoms with Crippen molar-refractivity contribution < 1.29 is 0 Å². The molecular formula is C18H21N. The average molecular weight is 251 g/mol. The summed E-state index contributed by atoms with van der Waals surface area (Å²) in [6.07, 6.45) is 1.08. The first kappa shape index (κ1) is 12.4. The SMILES string of the molecule is CC1(C)CC1(N)C(c1ccccc1)c1ccccc1. The third-order valence-electron chi connectivity index (χ3n) is 4.65. The van der Waals surface area contributed by atoms with E-state index in [-0.39, 0.29) is 16.9 Å². The highest BCUT2D eigenvalue weighted by atomic mass is 14.9. The summed E-state index contributed by atoms with van der Waals surface area (Å²) >= 11 is 0. The van der Waals surface area contributed by atoms with Gasteiger partial charge in [0.2, 0.25) is 0 Å². The normalized spacial score (nSPS) is 24.4. The van der Waals surface area contributed by atoms with E-state index in [2.05, 4.69) is 74.5 Å². The molecule has 19 heavy (non-hydrogen) atoms. The Bertz CT molecular complexity index is 519. The van der Waals surface area contributed by atoms with Crippen LogP contribution in [-0.4, -0.2) is 5.54 Å². The van der Waals surface area contributed by atoms with Crippen LogP contribution in [0.2, 0.25) is 0 Å². The summed E-state index contributed by atoms with van der Waals surface area (Å²) in [6, 6.07) is 21.3. The quantitative estimate of drug-likeness (QED) is 0.878. The van der Waals surface area contributed by atoms with Crippen LogP contribution in [0.4, 0.5) is 0 Å². The zero-order valence-electron chi connectivity index (χ0n) is 11.6. The van der Waals surface area contributed by atoms with Gasteiger partial charge in [0, 0.05) is 11.5 Å². The lowest BCUT2D eigenvalue weighted by molar-refractivity contribution is 0.450. The van der Waals surface area contributed by atoms with Crippen molar-refractivity contribution in [1.29, 1.82) is 0 Å². The molecule has 1 atom stereocenters. The Morgan fingerprint density at radius 3 is 1.53 bits per heavy atom. The topological polar surface area (TPSA) is 26.0 Å². The first-order valence-electron chi connectivity index (χ1n) is 6.93. The Labute approximate surface area is 115 Å². The largest absolute Gasteiger partial charge is 0.324 e. The van der Waals surface area contributed by atoms with Crippen LogP contribution < -0.4 is 5.73 Å². The van der Waals surface area contributed by atoms with Gasteiger partial charge in [-0.25, -0.2) is 0 Å². The molecule has 2 aromatic carbocycles. The minimum atomic E-state index is -0.129. The molecule has 1 saturated carbocycles. The summed E-state index contributed by atoms with van der Waals surface area (Å²) in [7, 11) is 0. The van der Waals surface area contributed by atoms with Crippen molar-refractivity contribution >= 4 is 0 Å². The molecule has 0 heterocycles. The first-order valence-corrected chi connectivity index (χ1v) is 6.93. The van der Waals surface area contributed by atoms with Gasteiger partial charge in [-0.05, 0) is 23.0 Å². The molecule has 2 N–H and O–H groups in total. The number of hydrogen-bond donors (Lipinski definition) is 1. The highest BCUT2D eigenvalue weighted by Crippen LogP contribution is 2.62. The Morgan fingerprint density at radius 1 is 0.842 bits per heavy atom. The van der Waals surface area contributed by atoms with E-state index in [1.807, 2.05) is 0 Å². The summed E-state index contributed by atoms with van der Waals surface area (Å²) in [5, 5.41) is 0. The maximum atomic E-state index is 6.73. The van der Waals surface area contributed by atoms with Gasteiger partial charge in [-0.2, -0.15) is 0 Å². The second-order valence-corrected chi connectivity index (χ2v) is 6.36. The van der Waals surface area contributed by atoms with Crippen molar-refractivity contribution in [3.63, 3.8) is 0 Å². The lowest BCUT2D eigenvalue weighted by Crippen LogP contribution is -2.36. The van der Waals surface area contributed by atoms with E-state index in [0.29, 0.717) is 0 Å². The molecule has 0 bridgehead atoms. The van der Waals surface area contributed by atoms with Crippen molar-refractivity contribution in [2.45, 2.75) is 31.7 Å². The lowest BCUT2D eigenvalue weighted by atomic mass is 9.80. The fourth-order valence-electron chi connectivity index (χ4n) is 3.26. The Hall–Kier alpha value is -1.60.